The summed E-state index contributed by atoms with van der Waals surface area (Å²) < 4.78 is 0. The molecule has 0 aromatic heterocycles. The van der Waals surface area contributed by atoms with Crippen molar-refractivity contribution in [2.24, 2.45) is 0 Å². The van der Waals surface area contributed by atoms with E-state index in [9.17, 15) is 4.79 Å². The van der Waals surface area contributed by atoms with Crippen LogP contribution in [0.3, 0.4) is 0 Å². The molecule has 4 nitrogen and oxygen atoms in total. The van der Waals surface area contributed by atoms with Gasteiger partial charge in [-0.1, -0.05) is 29.8 Å². The molecule has 1 N–H and O–H groups in total. The number of hydrogen-bond acceptors (Lipinski definition) is 3. The summed E-state index contributed by atoms with van der Waals surface area (Å²) >= 11 is 6.43. The minimum Gasteiger partial charge on any atom is -0.378 e. The van der Waals surface area contributed by atoms with Crippen molar-refractivity contribution < 1.29 is 4.79 Å². The van der Waals surface area contributed by atoms with E-state index in [4.69, 9.17) is 11.6 Å². The molecule has 3 rings (SSSR count). The maximum absolute atomic E-state index is 12.6. The summed E-state index contributed by atoms with van der Waals surface area (Å²) in [5, 5.41) is 3.86. The number of carbonyl (C=O) groups is 1. The van der Waals surface area contributed by atoms with Gasteiger partial charge in [-0.2, -0.15) is 0 Å². The second kappa shape index (κ2) is 8.56. The van der Waals surface area contributed by atoms with Crippen molar-refractivity contribution >= 4 is 23.2 Å². The van der Waals surface area contributed by atoms with Crippen LogP contribution in [0.4, 0.5) is 5.69 Å². The summed E-state index contributed by atoms with van der Waals surface area (Å²) in [6.07, 6.45) is 2.39. The highest BCUT2D eigenvalue weighted by Gasteiger charge is 2.25. The van der Waals surface area contributed by atoms with Gasteiger partial charge in [-0.3, -0.25) is 9.69 Å². The second-order valence-corrected chi connectivity index (χ2v) is 7.34. The molecule has 0 radical (unpaired) electrons. The van der Waals surface area contributed by atoms with Gasteiger partial charge in [-0.15, -0.1) is 0 Å². The maximum atomic E-state index is 12.6. The molecule has 1 amide bonds. The average Bonchev–Trinajstić information content (AvgIpc) is 3.17. The van der Waals surface area contributed by atoms with Gasteiger partial charge in [-0.05, 0) is 61.8 Å². The van der Waals surface area contributed by atoms with Crippen molar-refractivity contribution in [2.75, 3.05) is 38.6 Å². The van der Waals surface area contributed by atoms with Crippen molar-refractivity contribution in [3.63, 3.8) is 0 Å². The highest BCUT2D eigenvalue weighted by Crippen LogP contribution is 2.29. The van der Waals surface area contributed by atoms with Crippen LogP contribution in [-0.2, 0) is 0 Å². The van der Waals surface area contributed by atoms with Gasteiger partial charge >= 0.3 is 0 Å². The molecule has 2 aromatic carbocycles. The number of anilines is 1. The maximum Gasteiger partial charge on any atom is 0.251 e. The largest absolute Gasteiger partial charge is 0.378 e. The lowest BCUT2D eigenvalue weighted by molar-refractivity contribution is 0.0938. The third-order valence-electron chi connectivity index (χ3n) is 4.95. The Labute approximate surface area is 160 Å². The lowest BCUT2D eigenvalue weighted by Crippen LogP contribution is -2.37. The van der Waals surface area contributed by atoms with Crippen LogP contribution in [0.1, 0.15) is 34.8 Å². The van der Waals surface area contributed by atoms with Crippen molar-refractivity contribution in [3.8, 4) is 0 Å². The van der Waals surface area contributed by atoms with Gasteiger partial charge in [0.2, 0.25) is 0 Å². The van der Waals surface area contributed by atoms with Crippen LogP contribution in [0.15, 0.2) is 48.5 Å². The zero-order valence-electron chi connectivity index (χ0n) is 15.4. The van der Waals surface area contributed by atoms with Crippen LogP contribution in [-0.4, -0.2) is 44.5 Å². The first-order valence-corrected chi connectivity index (χ1v) is 9.48. The summed E-state index contributed by atoms with van der Waals surface area (Å²) in [5.41, 5.74) is 2.84. The summed E-state index contributed by atoms with van der Waals surface area (Å²) in [6.45, 7) is 2.64. The molecule has 1 fully saturated rings. The van der Waals surface area contributed by atoms with Crippen molar-refractivity contribution in [3.05, 3.63) is 64.7 Å². The summed E-state index contributed by atoms with van der Waals surface area (Å²) in [6, 6.07) is 15.7. The number of benzene rings is 2. The van der Waals surface area contributed by atoms with Gasteiger partial charge in [-0.25, -0.2) is 0 Å². The number of likely N-dealkylation sites (tertiary alicyclic amines) is 1. The van der Waals surface area contributed by atoms with Gasteiger partial charge < -0.3 is 10.2 Å². The van der Waals surface area contributed by atoms with E-state index in [-0.39, 0.29) is 11.9 Å². The Hall–Kier alpha value is -2.04. The molecule has 1 atom stereocenters. The quantitative estimate of drug-likeness (QED) is 0.834. The number of nitrogens with zero attached hydrogens (tertiary/aromatic N) is 2. The molecule has 2 aromatic rings. The number of carbonyl (C=O) groups excluding carboxylic acids is 1. The lowest BCUT2D eigenvalue weighted by Gasteiger charge is -2.29. The minimum atomic E-state index is -0.0495. The molecule has 26 heavy (non-hydrogen) atoms. The molecule has 0 bridgehead atoms. The van der Waals surface area contributed by atoms with Gasteiger partial charge in [0.1, 0.15) is 0 Å². The van der Waals surface area contributed by atoms with Crippen molar-refractivity contribution in [1.82, 2.24) is 10.2 Å². The molecular weight excluding hydrogens is 346 g/mol. The SMILES string of the molecule is CN(C)c1ccc(C(=O)NCC(c2ccccc2Cl)N2CCCC2)cc1. The van der Waals surface area contributed by atoms with E-state index >= 15 is 0 Å². The van der Waals surface area contributed by atoms with E-state index in [1.54, 1.807) is 0 Å². The molecule has 1 heterocycles. The fraction of sp³-hybridized carbons (Fsp3) is 0.381. The summed E-state index contributed by atoms with van der Waals surface area (Å²) in [5.74, 6) is -0.0495. The van der Waals surface area contributed by atoms with Gasteiger partial charge in [0.15, 0.2) is 0 Å². The predicted octanol–water partition coefficient (Wildman–Crippen LogP) is 3.97. The standard InChI is InChI=1S/C21H26ClN3O/c1-24(2)17-11-9-16(10-12-17)21(26)23-15-20(25-13-5-6-14-25)18-7-3-4-8-19(18)22/h3-4,7-12,20H,5-6,13-15H2,1-2H3,(H,23,26). The fourth-order valence-corrected chi connectivity index (χ4v) is 3.70. The molecule has 0 saturated carbocycles. The topological polar surface area (TPSA) is 35.6 Å². The molecule has 1 aliphatic heterocycles. The van der Waals surface area contributed by atoms with E-state index in [2.05, 4.69) is 16.3 Å². The van der Waals surface area contributed by atoms with Gasteiger partial charge in [0, 0.05) is 36.9 Å². The van der Waals surface area contributed by atoms with Crippen molar-refractivity contribution in [1.29, 1.82) is 0 Å². The number of rotatable bonds is 6. The van der Waals surface area contributed by atoms with E-state index < -0.39 is 0 Å². The van der Waals surface area contributed by atoms with E-state index in [1.807, 2.05) is 61.5 Å². The van der Waals surface area contributed by atoms with Gasteiger partial charge in [0.05, 0.1) is 6.04 Å². The Bertz CT molecular complexity index is 739. The van der Waals surface area contributed by atoms with E-state index in [0.717, 1.165) is 29.4 Å². The van der Waals surface area contributed by atoms with Crippen LogP contribution in [0, 0.1) is 0 Å². The Morgan fingerprint density at radius 3 is 2.38 bits per heavy atom. The smallest absolute Gasteiger partial charge is 0.251 e. The Balaban J connectivity index is 1.71. The Morgan fingerprint density at radius 1 is 1.12 bits per heavy atom. The third kappa shape index (κ3) is 4.37. The van der Waals surface area contributed by atoms with E-state index in [1.165, 1.54) is 12.8 Å². The number of nitrogens with one attached hydrogen (secondary N) is 1. The summed E-state index contributed by atoms with van der Waals surface area (Å²) in [4.78, 5) is 17.0. The Morgan fingerprint density at radius 2 is 1.77 bits per heavy atom. The van der Waals surface area contributed by atoms with Crippen LogP contribution < -0.4 is 10.2 Å². The fourth-order valence-electron chi connectivity index (χ4n) is 3.44. The molecule has 0 spiro atoms. The molecule has 1 unspecified atom stereocenters. The zero-order chi connectivity index (χ0) is 18.5. The molecular formula is C21H26ClN3O. The minimum absolute atomic E-state index is 0.0495. The Kier molecular flexibility index (Phi) is 6.17. The average molecular weight is 372 g/mol. The normalized spacial score (nSPS) is 15.7. The second-order valence-electron chi connectivity index (χ2n) is 6.93. The third-order valence-corrected chi connectivity index (χ3v) is 5.29. The van der Waals surface area contributed by atoms with E-state index in [0.29, 0.717) is 12.1 Å². The lowest BCUT2D eigenvalue weighted by atomic mass is 10.0. The number of hydrogen-bond donors (Lipinski definition) is 1. The molecule has 5 heteroatoms. The first-order valence-electron chi connectivity index (χ1n) is 9.10. The predicted molar refractivity (Wildman–Crippen MR) is 108 cm³/mol. The molecule has 1 aliphatic rings. The number of halogens is 1. The van der Waals surface area contributed by atoms with Crippen molar-refractivity contribution in [2.45, 2.75) is 18.9 Å². The highest BCUT2D eigenvalue weighted by atomic mass is 35.5. The highest BCUT2D eigenvalue weighted by molar-refractivity contribution is 6.31. The van der Waals surface area contributed by atoms with Gasteiger partial charge in [0.25, 0.3) is 5.91 Å². The van der Waals surface area contributed by atoms with Crippen LogP contribution >= 0.6 is 11.6 Å². The molecule has 1 saturated heterocycles. The number of amides is 1. The summed E-state index contributed by atoms with van der Waals surface area (Å²) in [7, 11) is 3.97. The zero-order valence-corrected chi connectivity index (χ0v) is 16.2. The first kappa shape index (κ1) is 18.7. The monoisotopic (exact) mass is 371 g/mol. The van der Waals surface area contributed by atoms with Crippen LogP contribution in [0.2, 0.25) is 5.02 Å². The van der Waals surface area contributed by atoms with Crippen LogP contribution in [0.25, 0.3) is 0 Å². The van der Waals surface area contributed by atoms with Crippen LogP contribution in [0.5, 0.6) is 0 Å². The first-order chi connectivity index (χ1) is 12.6. The molecule has 138 valence electrons. The molecule has 0 aliphatic carbocycles.